The van der Waals surface area contributed by atoms with Gasteiger partial charge in [-0.2, -0.15) is 0 Å². The normalized spacial score (nSPS) is 10.8. The second-order valence-electron chi connectivity index (χ2n) is 5.97. The van der Waals surface area contributed by atoms with Gasteiger partial charge in [0.2, 0.25) is 10.7 Å². The number of H-pyrrole nitrogens is 1. The number of nitrogens with one attached hydrogen (secondary N) is 2. The molecule has 1 amide bonds. The fraction of sp³-hybridized carbons (Fsp3) is 0.0500. The van der Waals surface area contributed by atoms with Gasteiger partial charge in [0.05, 0.1) is 5.69 Å². The van der Waals surface area contributed by atoms with Gasteiger partial charge in [0.25, 0.3) is 0 Å². The molecule has 0 aliphatic carbocycles. The van der Waals surface area contributed by atoms with Gasteiger partial charge in [-0.05, 0) is 35.5 Å². The van der Waals surface area contributed by atoms with Gasteiger partial charge in [-0.3, -0.25) is 9.20 Å². The number of imidazole rings is 1. The molecule has 0 saturated carbocycles. The van der Waals surface area contributed by atoms with Crippen molar-refractivity contribution in [3.63, 3.8) is 0 Å². The van der Waals surface area contributed by atoms with Crippen LogP contribution < -0.4 is 5.32 Å². The Morgan fingerprint density at radius 3 is 2.50 bits per heavy atom. The summed E-state index contributed by atoms with van der Waals surface area (Å²) in [4.78, 5) is 19.0. The molecule has 0 unspecified atom stereocenters. The van der Waals surface area contributed by atoms with E-state index >= 15 is 0 Å². The van der Waals surface area contributed by atoms with Crippen LogP contribution in [0.3, 0.4) is 0 Å². The Balaban J connectivity index is 1.82. The van der Waals surface area contributed by atoms with E-state index in [9.17, 15) is 4.79 Å². The van der Waals surface area contributed by atoms with Crippen molar-refractivity contribution in [3.05, 3.63) is 71.8 Å². The fourth-order valence-electron chi connectivity index (χ4n) is 2.92. The minimum absolute atomic E-state index is 0.0896. The van der Waals surface area contributed by atoms with E-state index in [0.717, 1.165) is 33.7 Å². The first-order valence-corrected chi connectivity index (χ1v) is 8.56. The number of carbonyl (C=O) groups excluding carboxylic acids is 1. The highest BCUT2D eigenvalue weighted by molar-refractivity contribution is 7.71. The summed E-state index contributed by atoms with van der Waals surface area (Å²) in [5.41, 5.74) is 5.65. The van der Waals surface area contributed by atoms with E-state index in [0.29, 0.717) is 4.77 Å². The van der Waals surface area contributed by atoms with Gasteiger partial charge in [-0.1, -0.05) is 42.5 Å². The van der Waals surface area contributed by atoms with Crippen LogP contribution in [-0.2, 0) is 4.79 Å². The average Bonchev–Trinajstić information content (AvgIpc) is 3.09. The number of benzene rings is 2. The minimum atomic E-state index is -0.0896. The lowest BCUT2D eigenvalue weighted by Gasteiger charge is -2.04. The third-order valence-corrected chi connectivity index (χ3v) is 4.42. The van der Waals surface area contributed by atoms with Crippen molar-refractivity contribution in [2.24, 2.45) is 0 Å². The number of hydrogen-bond donors (Lipinski definition) is 2. The maximum absolute atomic E-state index is 11.2. The number of aromatic amines is 1. The van der Waals surface area contributed by atoms with Crippen molar-refractivity contribution in [2.45, 2.75) is 6.92 Å². The Morgan fingerprint density at radius 1 is 1.08 bits per heavy atom. The molecule has 0 radical (unpaired) electrons. The first-order chi connectivity index (χ1) is 12.6. The molecule has 4 rings (SSSR count). The maximum atomic E-state index is 11.2. The maximum Gasteiger partial charge on any atom is 0.221 e. The summed E-state index contributed by atoms with van der Waals surface area (Å²) in [5, 5.41) is 2.77. The van der Waals surface area contributed by atoms with Crippen molar-refractivity contribution < 1.29 is 4.79 Å². The molecular weight excluding hydrogens is 344 g/mol. The molecule has 0 bridgehead atoms. The van der Waals surface area contributed by atoms with E-state index in [1.54, 1.807) is 6.20 Å². The van der Waals surface area contributed by atoms with Crippen LogP contribution in [0.4, 0.5) is 5.69 Å². The lowest BCUT2D eigenvalue weighted by molar-refractivity contribution is -0.114. The number of nitrogens with zero attached hydrogens (tertiary/aromatic N) is 2. The predicted molar refractivity (Wildman–Crippen MR) is 106 cm³/mol. The summed E-state index contributed by atoms with van der Waals surface area (Å²) in [6, 6.07) is 17.7. The molecule has 2 aromatic carbocycles. The molecule has 0 aliphatic heterocycles. The fourth-order valence-corrected chi connectivity index (χ4v) is 3.11. The molecule has 26 heavy (non-hydrogen) atoms. The Kier molecular flexibility index (Phi) is 4.10. The predicted octanol–water partition coefficient (Wildman–Crippen LogP) is 4.68. The molecule has 128 valence electrons. The van der Waals surface area contributed by atoms with Crippen LogP contribution in [0.5, 0.6) is 0 Å². The molecule has 6 heteroatoms. The average molecular weight is 360 g/mol. The van der Waals surface area contributed by atoms with Crippen LogP contribution in [0.2, 0.25) is 0 Å². The first-order valence-electron chi connectivity index (χ1n) is 8.15. The van der Waals surface area contributed by atoms with Crippen LogP contribution in [0.25, 0.3) is 28.0 Å². The molecule has 0 atom stereocenters. The number of anilines is 1. The van der Waals surface area contributed by atoms with Crippen LogP contribution in [0, 0.1) is 4.77 Å². The van der Waals surface area contributed by atoms with E-state index in [1.165, 1.54) is 6.92 Å². The Bertz CT molecular complexity index is 1140. The van der Waals surface area contributed by atoms with E-state index < -0.39 is 0 Å². The third-order valence-electron chi connectivity index (χ3n) is 4.12. The van der Waals surface area contributed by atoms with E-state index in [-0.39, 0.29) is 5.91 Å². The highest BCUT2D eigenvalue weighted by Crippen LogP contribution is 2.27. The summed E-state index contributed by atoms with van der Waals surface area (Å²) in [6.45, 7) is 1.49. The molecule has 2 aromatic heterocycles. The molecule has 4 aromatic rings. The van der Waals surface area contributed by atoms with Gasteiger partial charge in [0.1, 0.15) is 5.65 Å². The number of rotatable bonds is 3. The van der Waals surface area contributed by atoms with Gasteiger partial charge in [0, 0.05) is 30.6 Å². The molecule has 0 fully saturated rings. The largest absolute Gasteiger partial charge is 0.339 e. The van der Waals surface area contributed by atoms with Gasteiger partial charge >= 0.3 is 0 Å². The molecular formula is C20H16N4OS. The summed E-state index contributed by atoms with van der Waals surface area (Å²) >= 11 is 5.38. The molecule has 5 nitrogen and oxygen atoms in total. The zero-order valence-electron chi connectivity index (χ0n) is 14.1. The number of carbonyl (C=O) groups is 1. The standard InChI is InChI=1S/C20H16N4OS/c1-13(25)22-16-9-7-15(8-10-16)18-12-24-19(23-18)17(11-21-20(24)26)14-5-3-2-4-6-14/h2-12,23H,1H3,(H,22,25). The van der Waals surface area contributed by atoms with Gasteiger partial charge in [0.15, 0.2) is 0 Å². The Hall–Kier alpha value is -3.25. The van der Waals surface area contributed by atoms with Gasteiger partial charge < -0.3 is 10.3 Å². The highest BCUT2D eigenvalue weighted by atomic mass is 32.1. The number of hydrogen-bond acceptors (Lipinski definition) is 3. The third kappa shape index (κ3) is 3.02. The highest BCUT2D eigenvalue weighted by Gasteiger charge is 2.10. The zero-order valence-corrected chi connectivity index (χ0v) is 14.9. The quantitative estimate of drug-likeness (QED) is 0.521. The van der Waals surface area contributed by atoms with Crippen molar-refractivity contribution >= 4 is 29.5 Å². The van der Waals surface area contributed by atoms with Crippen molar-refractivity contribution in [1.82, 2.24) is 14.4 Å². The first kappa shape index (κ1) is 16.2. The van der Waals surface area contributed by atoms with E-state index in [1.807, 2.05) is 65.2 Å². The van der Waals surface area contributed by atoms with Crippen LogP contribution in [-0.4, -0.2) is 20.3 Å². The topological polar surface area (TPSA) is 62.2 Å². The number of aromatic nitrogens is 3. The molecule has 2 N–H and O–H groups in total. The smallest absolute Gasteiger partial charge is 0.221 e. The van der Waals surface area contributed by atoms with E-state index in [2.05, 4.69) is 15.3 Å². The monoisotopic (exact) mass is 360 g/mol. The van der Waals surface area contributed by atoms with Crippen LogP contribution >= 0.6 is 12.2 Å². The lowest BCUT2D eigenvalue weighted by atomic mass is 10.1. The molecule has 0 saturated heterocycles. The second kappa shape index (κ2) is 6.57. The number of amides is 1. The minimum Gasteiger partial charge on any atom is -0.339 e. The molecule has 0 aliphatic rings. The summed E-state index contributed by atoms with van der Waals surface area (Å²) in [7, 11) is 0. The van der Waals surface area contributed by atoms with Crippen molar-refractivity contribution in [2.75, 3.05) is 5.32 Å². The Morgan fingerprint density at radius 2 is 1.81 bits per heavy atom. The van der Waals surface area contributed by atoms with Gasteiger partial charge in [-0.25, -0.2) is 4.98 Å². The second-order valence-corrected chi connectivity index (χ2v) is 6.33. The van der Waals surface area contributed by atoms with Gasteiger partial charge in [-0.15, -0.1) is 0 Å². The molecule has 0 spiro atoms. The van der Waals surface area contributed by atoms with E-state index in [4.69, 9.17) is 12.2 Å². The zero-order chi connectivity index (χ0) is 18.1. The summed E-state index contributed by atoms with van der Waals surface area (Å²) < 4.78 is 2.38. The Labute approximate surface area is 155 Å². The summed E-state index contributed by atoms with van der Waals surface area (Å²) in [6.07, 6.45) is 3.75. The van der Waals surface area contributed by atoms with Crippen molar-refractivity contribution in [1.29, 1.82) is 0 Å². The van der Waals surface area contributed by atoms with Crippen molar-refractivity contribution in [3.8, 4) is 22.4 Å². The number of fused-ring (bicyclic) bond motifs is 1. The van der Waals surface area contributed by atoms with Crippen LogP contribution in [0.1, 0.15) is 6.92 Å². The SMILES string of the molecule is CC(=O)Nc1ccc(-c2cn3c(=S)ncc(-c4ccccc4)c3[nH]2)cc1. The summed E-state index contributed by atoms with van der Waals surface area (Å²) in [5.74, 6) is -0.0896. The lowest BCUT2D eigenvalue weighted by Crippen LogP contribution is -2.05. The molecule has 2 heterocycles. The van der Waals surface area contributed by atoms with Crippen LogP contribution in [0.15, 0.2) is 67.0 Å².